The predicted octanol–water partition coefficient (Wildman–Crippen LogP) is 2.63. The Bertz CT molecular complexity index is 529. The van der Waals surface area contributed by atoms with Crippen molar-refractivity contribution in [2.75, 3.05) is 13.2 Å². The molecule has 0 bridgehead atoms. The highest BCUT2D eigenvalue weighted by Crippen LogP contribution is 2.35. The lowest BCUT2D eigenvalue weighted by atomic mass is 10.2. The Hall–Kier alpha value is -1.33. The molecule has 0 atom stereocenters. The van der Waals surface area contributed by atoms with Gasteiger partial charge in [-0.1, -0.05) is 11.3 Å². The number of hydrogen-bond acceptors (Lipinski definition) is 5. The summed E-state index contributed by atoms with van der Waals surface area (Å²) in [6.45, 7) is 1.17. The summed E-state index contributed by atoms with van der Waals surface area (Å²) in [5, 5.41) is 8.52. The molecule has 1 aromatic heterocycles. The molecule has 6 heteroatoms. The third-order valence-corrected chi connectivity index (χ3v) is 3.26. The van der Waals surface area contributed by atoms with E-state index in [1.165, 1.54) is 11.3 Å². The largest absolute Gasteiger partial charge is 0.486 e. The first-order valence-electron chi connectivity index (χ1n) is 4.72. The van der Waals surface area contributed by atoms with Crippen molar-refractivity contribution in [1.29, 1.82) is 0 Å². The van der Waals surface area contributed by atoms with Crippen molar-refractivity contribution in [2.45, 2.75) is 0 Å². The summed E-state index contributed by atoms with van der Waals surface area (Å²) in [5.41, 5.74) is 0.939. The number of fused-ring (bicyclic) bond motifs is 1. The van der Waals surface area contributed by atoms with Crippen molar-refractivity contribution >= 4 is 22.9 Å². The van der Waals surface area contributed by atoms with Gasteiger partial charge in [0.2, 0.25) is 4.47 Å². The lowest BCUT2D eigenvalue weighted by Crippen LogP contribution is -2.15. The van der Waals surface area contributed by atoms with E-state index in [4.69, 9.17) is 21.1 Å². The summed E-state index contributed by atoms with van der Waals surface area (Å²) >= 11 is 7.08. The molecule has 2 heterocycles. The minimum Gasteiger partial charge on any atom is -0.486 e. The SMILES string of the molecule is Clc1nnc(-c2ccc3c(c2)OCCO3)s1. The van der Waals surface area contributed by atoms with Gasteiger partial charge >= 0.3 is 0 Å². The van der Waals surface area contributed by atoms with Gasteiger partial charge in [-0.25, -0.2) is 0 Å². The van der Waals surface area contributed by atoms with Crippen molar-refractivity contribution in [1.82, 2.24) is 10.2 Å². The maximum Gasteiger partial charge on any atom is 0.207 e. The summed E-state index contributed by atoms with van der Waals surface area (Å²) in [4.78, 5) is 0. The Morgan fingerprint density at radius 2 is 1.94 bits per heavy atom. The summed E-state index contributed by atoms with van der Waals surface area (Å²) in [5.74, 6) is 1.51. The van der Waals surface area contributed by atoms with Gasteiger partial charge in [-0.15, -0.1) is 10.2 Å². The smallest absolute Gasteiger partial charge is 0.207 e. The Balaban J connectivity index is 2.02. The summed E-state index contributed by atoms with van der Waals surface area (Å²) < 4.78 is 11.4. The van der Waals surface area contributed by atoms with Crippen LogP contribution in [0.2, 0.25) is 4.47 Å². The van der Waals surface area contributed by atoms with Gasteiger partial charge in [-0.2, -0.15) is 0 Å². The first-order chi connectivity index (χ1) is 7.83. The van der Waals surface area contributed by atoms with Crippen LogP contribution in [-0.2, 0) is 0 Å². The molecule has 1 aromatic carbocycles. The third-order valence-electron chi connectivity index (χ3n) is 2.19. The van der Waals surface area contributed by atoms with Gasteiger partial charge < -0.3 is 9.47 Å². The highest BCUT2D eigenvalue weighted by atomic mass is 35.5. The molecule has 1 aliphatic rings. The number of benzene rings is 1. The zero-order valence-electron chi connectivity index (χ0n) is 8.14. The molecule has 0 aliphatic carbocycles. The van der Waals surface area contributed by atoms with E-state index in [1.54, 1.807) is 0 Å². The minimum atomic E-state index is 0.435. The zero-order valence-corrected chi connectivity index (χ0v) is 9.72. The Morgan fingerprint density at radius 1 is 1.12 bits per heavy atom. The fourth-order valence-electron chi connectivity index (χ4n) is 1.50. The van der Waals surface area contributed by atoms with Crippen LogP contribution in [0.1, 0.15) is 0 Å². The van der Waals surface area contributed by atoms with E-state index in [0.29, 0.717) is 17.7 Å². The van der Waals surface area contributed by atoms with Crippen LogP contribution in [0.25, 0.3) is 10.6 Å². The summed E-state index contributed by atoms with van der Waals surface area (Å²) in [7, 11) is 0. The van der Waals surface area contributed by atoms with Gasteiger partial charge in [0, 0.05) is 5.56 Å². The first-order valence-corrected chi connectivity index (χ1v) is 5.91. The monoisotopic (exact) mass is 254 g/mol. The van der Waals surface area contributed by atoms with Crippen LogP contribution in [0.5, 0.6) is 11.5 Å². The molecular weight excluding hydrogens is 248 g/mol. The van der Waals surface area contributed by atoms with E-state index >= 15 is 0 Å². The fourth-order valence-corrected chi connectivity index (χ4v) is 2.32. The van der Waals surface area contributed by atoms with Gasteiger partial charge in [0.15, 0.2) is 11.5 Å². The van der Waals surface area contributed by atoms with E-state index in [9.17, 15) is 0 Å². The van der Waals surface area contributed by atoms with E-state index in [0.717, 1.165) is 22.1 Å². The van der Waals surface area contributed by atoms with E-state index in [1.807, 2.05) is 18.2 Å². The second kappa shape index (κ2) is 3.92. The molecule has 0 spiro atoms. The van der Waals surface area contributed by atoms with Crippen molar-refractivity contribution in [3.8, 4) is 22.1 Å². The second-order valence-corrected chi connectivity index (χ2v) is 4.78. The van der Waals surface area contributed by atoms with Gasteiger partial charge in [-0.3, -0.25) is 0 Å². The quantitative estimate of drug-likeness (QED) is 0.785. The van der Waals surface area contributed by atoms with Crippen LogP contribution in [-0.4, -0.2) is 23.4 Å². The number of ether oxygens (including phenoxy) is 2. The highest BCUT2D eigenvalue weighted by molar-refractivity contribution is 7.18. The molecule has 2 aromatic rings. The average molecular weight is 255 g/mol. The molecule has 0 radical (unpaired) electrons. The lowest BCUT2D eigenvalue weighted by molar-refractivity contribution is 0.171. The van der Waals surface area contributed by atoms with Gasteiger partial charge in [0.25, 0.3) is 0 Å². The maximum absolute atomic E-state index is 5.74. The zero-order chi connectivity index (χ0) is 11.0. The normalized spacial score (nSPS) is 13.8. The Labute approximate surface area is 101 Å². The van der Waals surface area contributed by atoms with Crippen molar-refractivity contribution in [2.24, 2.45) is 0 Å². The predicted molar refractivity (Wildman–Crippen MR) is 61.3 cm³/mol. The molecule has 1 aliphatic heterocycles. The van der Waals surface area contributed by atoms with Gasteiger partial charge in [0.1, 0.15) is 18.2 Å². The summed E-state index contributed by atoms with van der Waals surface area (Å²) in [6, 6.07) is 5.69. The Kier molecular flexibility index (Phi) is 2.41. The maximum atomic E-state index is 5.74. The van der Waals surface area contributed by atoms with E-state index < -0.39 is 0 Å². The van der Waals surface area contributed by atoms with Crippen LogP contribution in [0.15, 0.2) is 18.2 Å². The van der Waals surface area contributed by atoms with Crippen LogP contribution in [0.4, 0.5) is 0 Å². The molecule has 0 amide bonds. The molecule has 82 valence electrons. The molecule has 0 saturated heterocycles. The summed E-state index contributed by atoms with van der Waals surface area (Å²) in [6.07, 6.45) is 0. The van der Waals surface area contributed by atoms with Crippen LogP contribution in [0, 0.1) is 0 Å². The van der Waals surface area contributed by atoms with Gasteiger partial charge in [-0.05, 0) is 29.8 Å². The van der Waals surface area contributed by atoms with Crippen LogP contribution >= 0.6 is 22.9 Å². The lowest BCUT2D eigenvalue weighted by Gasteiger charge is -2.18. The van der Waals surface area contributed by atoms with Gasteiger partial charge in [0.05, 0.1) is 0 Å². The number of aromatic nitrogens is 2. The average Bonchev–Trinajstić information content (AvgIpc) is 2.75. The first kappa shape index (κ1) is 9.86. The number of rotatable bonds is 1. The highest BCUT2D eigenvalue weighted by Gasteiger charge is 2.14. The molecule has 0 saturated carbocycles. The molecule has 4 nitrogen and oxygen atoms in total. The fraction of sp³-hybridized carbons (Fsp3) is 0.200. The topological polar surface area (TPSA) is 44.2 Å². The standard InChI is InChI=1S/C10H7ClN2O2S/c11-10-13-12-9(16-10)6-1-2-7-8(5-6)15-4-3-14-7/h1-2,5H,3-4H2. The van der Waals surface area contributed by atoms with Crippen LogP contribution < -0.4 is 9.47 Å². The van der Waals surface area contributed by atoms with Crippen molar-refractivity contribution < 1.29 is 9.47 Å². The molecule has 0 fully saturated rings. The molecule has 0 N–H and O–H groups in total. The molecule has 0 unspecified atom stereocenters. The number of halogens is 1. The van der Waals surface area contributed by atoms with E-state index in [-0.39, 0.29) is 0 Å². The minimum absolute atomic E-state index is 0.435. The molecule has 3 rings (SSSR count). The van der Waals surface area contributed by atoms with Crippen molar-refractivity contribution in [3.63, 3.8) is 0 Å². The van der Waals surface area contributed by atoms with Crippen molar-refractivity contribution in [3.05, 3.63) is 22.7 Å². The molecule has 16 heavy (non-hydrogen) atoms. The number of nitrogens with zero attached hydrogens (tertiary/aromatic N) is 2. The van der Waals surface area contributed by atoms with Crippen LogP contribution in [0.3, 0.4) is 0 Å². The van der Waals surface area contributed by atoms with E-state index in [2.05, 4.69) is 10.2 Å². The second-order valence-electron chi connectivity index (χ2n) is 3.22. The Morgan fingerprint density at radius 3 is 2.69 bits per heavy atom. The molecular formula is C10H7ClN2O2S. The third kappa shape index (κ3) is 1.72. The number of hydrogen-bond donors (Lipinski definition) is 0.